The predicted molar refractivity (Wildman–Crippen MR) is 96.1 cm³/mol. The van der Waals surface area contributed by atoms with E-state index >= 15 is 0 Å². The van der Waals surface area contributed by atoms with Crippen LogP contribution in [0.25, 0.3) is 0 Å². The fraction of sp³-hybridized carbons (Fsp3) is 0.421. The van der Waals surface area contributed by atoms with Crippen molar-refractivity contribution >= 4 is 5.91 Å². The van der Waals surface area contributed by atoms with Crippen molar-refractivity contribution in [1.82, 2.24) is 14.9 Å². The minimum atomic E-state index is -0.683. The van der Waals surface area contributed by atoms with Crippen LogP contribution in [0.4, 0.5) is 0 Å². The zero-order chi connectivity index (χ0) is 18.8. The van der Waals surface area contributed by atoms with Gasteiger partial charge in [0, 0.05) is 31.1 Å². The summed E-state index contributed by atoms with van der Waals surface area (Å²) in [5, 5.41) is 2.77. The second-order valence-electron chi connectivity index (χ2n) is 6.69. The molecule has 1 N–H and O–H groups in total. The van der Waals surface area contributed by atoms with E-state index in [9.17, 15) is 9.59 Å². The van der Waals surface area contributed by atoms with Gasteiger partial charge < -0.3 is 19.5 Å². The molecule has 1 fully saturated rings. The Morgan fingerprint density at radius 1 is 1.33 bits per heavy atom. The van der Waals surface area contributed by atoms with Crippen LogP contribution in [0.3, 0.4) is 0 Å². The molecular formula is C19H21N3O5. The Bertz CT molecular complexity index is 906. The van der Waals surface area contributed by atoms with Gasteiger partial charge in [-0.3, -0.25) is 14.2 Å². The number of hydrogen-bond donors (Lipinski definition) is 1. The first kappa shape index (κ1) is 17.4. The van der Waals surface area contributed by atoms with E-state index in [1.807, 2.05) is 0 Å². The Labute approximate surface area is 156 Å². The summed E-state index contributed by atoms with van der Waals surface area (Å²) >= 11 is 0. The van der Waals surface area contributed by atoms with Crippen molar-refractivity contribution in [3.8, 4) is 17.2 Å². The molecule has 8 heteroatoms. The molecule has 8 nitrogen and oxygen atoms in total. The smallest absolute Gasteiger partial charge is 0.260 e. The number of hydrogen-bond acceptors (Lipinski definition) is 6. The van der Waals surface area contributed by atoms with Gasteiger partial charge in [-0.2, -0.15) is 0 Å². The minimum absolute atomic E-state index is 0.0918. The number of carbonyl (C=O) groups excluding carboxylic acids is 1. The van der Waals surface area contributed by atoms with Crippen LogP contribution in [0.2, 0.25) is 0 Å². The summed E-state index contributed by atoms with van der Waals surface area (Å²) in [4.78, 5) is 28.6. The number of amides is 1. The van der Waals surface area contributed by atoms with Gasteiger partial charge >= 0.3 is 0 Å². The number of benzene rings is 1. The van der Waals surface area contributed by atoms with Gasteiger partial charge in [-0.1, -0.05) is 0 Å². The van der Waals surface area contributed by atoms with Crippen LogP contribution in [0.5, 0.6) is 17.2 Å². The molecule has 142 valence electrons. The molecule has 1 saturated carbocycles. The second kappa shape index (κ2) is 7.30. The van der Waals surface area contributed by atoms with Gasteiger partial charge in [-0.25, -0.2) is 4.98 Å². The van der Waals surface area contributed by atoms with Crippen LogP contribution < -0.4 is 25.1 Å². The van der Waals surface area contributed by atoms with Crippen LogP contribution in [-0.2, 0) is 11.3 Å². The monoisotopic (exact) mass is 371 g/mol. The van der Waals surface area contributed by atoms with E-state index in [-0.39, 0.29) is 18.3 Å². The van der Waals surface area contributed by atoms with E-state index in [4.69, 9.17) is 14.2 Å². The van der Waals surface area contributed by atoms with E-state index in [1.54, 1.807) is 37.5 Å². The zero-order valence-electron chi connectivity index (χ0n) is 15.0. The number of nitrogens with one attached hydrogen (secondary N) is 1. The van der Waals surface area contributed by atoms with Crippen molar-refractivity contribution in [2.45, 2.75) is 38.3 Å². The summed E-state index contributed by atoms with van der Waals surface area (Å²) in [6.07, 6.45) is 3.08. The lowest BCUT2D eigenvalue weighted by molar-refractivity contribution is -0.127. The topological polar surface area (TPSA) is 91.7 Å². The predicted octanol–water partition coefficient (Wildman–Crippen LogP) is 1.43. The molecule has 2 aliphatic rings. The third-order valence-corrected chi connectivity index (χ3v) is 4.57. The van der Waals surface area contributed by atoms with Gasteiger partial charge in [-0.15, -0.1) is 0 Å². The molecule has 2 aromatic rings. The Morgan fingerprint density at radius 2 is 2.15 bits per heavy atom. The lowest BCUT2D eigenvalue weighted by Gasteiger charge is -2.15. The van der Waals surface area contributed by atoms with Crippen LogP contribution in [0.1, 0.15) is 31.4 Å². The number of ether oxygens (including phenoxy) is 3. The average Bonchev–Trinajstić information content (AvgIpc) is 3.40. The maximum atomic E-state index is 12.2. The summed E-state index contributed by atoms with van der Waals surface area (Å²) in [6, 6.07) is 6.75. The molecule has 1 aromatic carbocycles. The number of nitrogens with zero attached hydrogens (tertiary/aromatic N) is 2. The number of aromatic nitrogens is 2. The van der Waals surface area contributed by atoms with Crippen molar-refractivity contribution in [3.63, 3.8) is 0 Å². The molecular weight excluding hydrogens is 350 g/mol. The Balaban J connectivity index is 1.27. The summed E-state index contributed by atoms with van der Waals surface area (Å²) < 4.78 is 17.7. The molecule has 27 heavy (non-hydrogen) atoms. The fourth-order valence-electron chi connectivity index (χ4n) is 2.86. The first-order valence-corrected chi connectivity index (χ1v) is 9.00. The highest BCUT2D eigenvalue weighted by atomic mass is 16.7. The largest absolute Gasteiger partial charge is 0.481 e. The quantitative estimate of drug-likeness (QED) is 0.792. The van der Waals surface area contributed by atoms with Crippen molar-refractivity contribution in [2.24, 2.45) is 0 Å². The van der Waals surface area contributed by atoms with Crippen molar-refractivity contribution in [1.29, 1.82) is 0 Å². The van der Waals surface area contributed by atoms with Crippen LogP contribution in [0.15, 0.2) is 35.4 Å². The molecule has 0 spiro atoms. The fourth-order valence-corrected chi connectivity index (χ4v) is 2.86. The Kier molecular flexibility index (Phi) is 4.70. The van der Waals surface area contributed by atoms with Crippen LogP contribution >= 0.6 is 0 Å². The highest BCUT2D eigenvalue weighted by Gasteiger charge is 2.25. The van der Waals surface area contributed by atoms with E-state index in [0.717, 1.165) is 18.5 Å². The Hall–Kier alpha value is -3.03. The summed E-state index contributed by atoms with van der Waals surface area (Å²) in [5.74, 6) is 1.97. The molecule has 0 bridgehead atoms. The number of carbonyl (C=O) groups is 1. The molecule has 2 heterocycles. The highest BCUT2D eigenvalue weighted by Crippen LogP contribution is 2.38. The van der Waals surface area contributed by atoms with E-state index in [2.05, 4.69) is 10.3 Å². The molecule has 1 unspecified atom stereocenters. The lowest BCUT2D eigenvalue weighted by atomic mass is 10.3. The van der Waals surface area contributed by atoms with Gasteiger partial charge in [0.2, 0.25) is 6.79 Å². The maximum absolute atomic E-state index is 12.2. The van der Waals surface area contributed by atoms with E-state index in [1.165, 1.54) is 4.57 Å². The maximum Gasteiger partial charge on any atom is 0.260 e. The average molecular weight is 371 g/mol. The molecule has 1 aliphatic heterocycles. The van der Waals surface area contributed by atoms with Crippen LogP contribution in [0, 0.1) is 0 Å². The number of fused-ring (bicyclic) bond motifs is 1. The standard InChI is InChI=1S/C19H21N3O5/c1-12(27-14-4-5-16-17(8-14)26-11-25-16)19(24)20-6-7-22-10-21-15(9-18(22)23)13-2-3-13/h4-5,8-10,12-13H,2-3,6-7,11H2,1H3,(H,20,24). The molecule has 1 atom stereocenters. The first-order chi connectivity index (χ1) is 13.1. The molecule has 1 aliphatic carbocycles. The Morgan fingerprint density at radius 3 is 2.93 bits per heavy atom. The normalized spacial score (nSPS) is 16.0. The first-order valence-electron chi connectivity index (χ1n) is 9.00. The van der Waals surface area contributed by atoms with Gasteiger partial charge in [0.05, 0.1) is 12.0 Å². The van der Waals surface area contributed by atoms with Crippen molar-refractivity contribution in [3.05, 3.63) is 46.6 Å². The summed E-state index contributed by atoms with van der Waals surface area (Å²) in [7, 11) is 0. The van der Waals surface area contributed by atoms with E-state index in [0.29, 0.717) is 36.3 Å². The summed E-state index contributed by atoms with van der Waals surface area (Å²) in [5.41, 5.74) is 0.775. The summed E-state index contributed by atoms with van der Waals surface area (Å²) in [6.45, 7) is 2.53. The van der Waals surface area contributed by atoms with Gasteiger partial charge in [0.15, 0.2) is 17.6 Å². The highest BCUT2D eigenvalue weighted by molar-refractivity contribution is 5.80. The zero-order valence-corrected chi connectivity index (χ0v) is 15.0. The third-order valence-electron chi connectivity index (χ3n) is 4.57. The third kappa shape index (κ3) is 4.05. The second-order valence-corrected chi connectivity index (χ2v) is 6.69. The van der Waals surface area contributed by atoms with Gasteiger partial charge in [-0.05, 0) is 31.9 Å². The minimum Gasteiger partial charge on any atom is -0.481 e. The molecule has 4 rings (SSSR count). The number of rotatable bonds is 7. The van der Waals surface area contributed by atoms with Crippen molar-refractivity contribution < 1.29 is 19.0 Å². The van der Waals surface area contributed by atoms with Crippen molar-refractivity contribution in [2.75, 3.05) is 13.3 Å². The van der Waals surface area contributed by atoms with E-state index < -0.39 is 6.10 Å². The van der Waals surface area contributed by atoms with Gasteiger partial charge in [0.1, 0.15) is 5.75 Å². The molecule has 0 saturated heterocycles. The van der Waals surface area contributed by atoms with Gasteiger partial charge in [0.25, 0.3) is 11.5 Å². The SMILES string of the molecule is CC(Oc1ccc2c(c1)OCO2)C(=O)NCCn1cnc(C2CC2)cc1=O. The lowest BCUT2D eigenvalue weighted by Crippen LogP contribution is -2.38. The van der Waals surface area contributed by atoms with Crippen LogP contribution in [-0.4, -0.2) is 34.9 Å². The molecule has 0 radical (unpaired) electrons. The molecule has 1 aromatic heterocycles. The molecule has 1 amide bonds.